The average molecular weight is 278 g/mol. The molecule has 0 N–H and O–H groups in total. The van der Waals surface area contributed by atoms with Crippen LogP contribution in [0.15, 0.2) is 40.3 Å². The van der Waals surface area contributed by atoms with Crippen LogP contribution in [0.25, 0.3) is 0 Å². The molecule has 1 heterocycles. The van der Waals surface area contributed by atoms with Crippen molar-refractivity contribution in [3.05, 3.63) is 52.2 Å². The maximum absolute atomic E-state index is 11.0. The molecule has 0 bridgehead atoms. The molecular weight excluding hydrogens is 266 g/mol. The molecule has 18 heavy (non-hydrogen) atoms. The summed E-state index contributed by atoms with van der Waals surface area (Å²) in [6.07, 6.45) is 0.835. The maximum atomic E-state index is 11.0. The number of aldehydes is 1. The van der Waals surface area contributed by atoms with E-state index in [2.05, 4.69) is 4.98 Å². The lowest BCUT2D eigenvalue weighted by Gasteiger charge is -2.06. The summed E-state index contributed by atoms with van der Waals surface area (Å²) >= 11 is 7.41. The predicted molar refractivity (Wildman–Crippen MR) is 74.7 cm³/mol. The third-order valence-electron chi connectivity index (χ3n) is 2.39. The summed E-state index contributed by atoms with van der Waals surface area (Å²) in [4.78, 5) is 16.3. The fraction of sp³-hybridized carbons (Fsp3) is 0.143. The van der Waals surface area contributed by atoms with Crippen molar-refractivity contribution >= 4 is 29.6 Å². The Bertz CT molecular complexity index is 578. The lowest BCUT2D eigenvalue weighted by Crippen LogP contribution is -1.89. The van der Waals surface area contributed by atoms with Crippen LogP contribution in [-0.2, 0) is 0 Å². The van der Waals surface area contributed by atoms with Gasteiger partial charge in [-0.1, -0.05) is 23.4 Å². The highest BCUT2D eigenvalue weighted by Gasteiger charge is 2.07. The Morgan fingerprint density at radius 1 is 1.22 bits per heavy atom. The Balaban J connectivity index is 2.38. The van der Waals surface area contributed by atoms with Gasteiger partial charge >= 0.3 is 0 Å². The first kappa shape index (κ1) is 13.1. The van der Waals surface area contributed by atoms with Crippen molar-refractivity contribution in [3.8, 4) is 0 Å². The van der Waals surface area contributed by atoms with Gasteiger partial charge in [-0.05, 0) is 49.7 Å². The van der Waals surface area contributed by atoms with Crippen molar-refractivity contribution in [2.24, 2.45) is 0 Å². The highest BCUT2D eigenvalue weighted by molar-refractivity contribution is 7.99. The molecule has 0 radical (unpaired) electrons. The number of nitrogens with zero attached hydrogens (tertiary/aromatic N) is 1. The van der Waals surface area contributed by atoms with Gasteiger partial charge in [0.15, 0.2) is 6.29 Å². The molecule has 1 aromatic heterocycles. The van der Waals surface area contributed by atoms with Crippen LogP contribution in [-0.4, -0.2) is 11.3 Å². The number of carbonyl (C=O) groups excluding carboxylic acids is 1. The molecule has 0 atom stereocenters. The number of carbonyl (C=O) groups is 1. The van der Waals surface area contributed by atoms with Crippen LogP contribution in [0.2, 0.25) is 5.02 Å². The summed E-state index contributed by atoms with van der Waals surface area (Å²) in [7, 11) is 0. The van der Waals surface area contributed by atoms with E-state index in [1.165, 1.54) is 11.8 Å². The standard InChI is InChI=1S/C14H12ClNOS/c1-9-5-10(2)16-14(6-9)18-13-7-12(15)4-3-11(13)8-17/h3-8H,1-2H3. The normalized spacial score (nSPS) is 10.4. The van der Waals surface area contributed by atoms with Crippen molar-refractivity contribution in [2.75, 3.05) is 0 Å². The molecule has 0 fully saturated rings. The minimum atomic E-state index is 0.618. The summed E-state index contributed by atoms with van der Waals surface area (Å²) in [5.41, 5.74) is 2.75. The first-order valence-electron chi connectivity index (χ1n) is 5.46. The Hall–Kier alpha value is -1.32. The molecular formula is C14H12ClNOS. The number of aromatic nitrogens is 1. The molecule has 2 aromatic rings. The van der Waals surface area contributed by atoms with E-state index in [0.29, 0.717) is 10.6 Å². The van der Waals surface area contributed by atoms with Crippen LogP contribution < -0.4 is 0 Å². The van der Waals surface area contributed by atoms with Gasteiger partial charge in [-0.25, -0.2) is 4.98 Å². The number of benzene rings is 1. The molecule has 0 spiro atoms. The van der Waals surface area contributed by atoms with E-state index in [-0.39, 0.29) is 0 Å². The molecule has 0 saturated carbocycles. The summed E-state index contributed by atoms with van der Waals surface area (Å²) in [5.74, 6) is 0. The molecule has 0 aliphatic rings. The van der Waals surface area contributed by atoms with Gasteiger partial charge in [0.2, 0.25) is 0 Å². The molecule has 0 aliphatic carbocycles. The second-order valence-electron chi connectivity index (χ2n) is 4.03. The Kier molecular flexibility index (Phi) is 4.04. The third kappa shape index (κ3) is 3.12. The zero-order chi connectivity index (χ0) is 13.1. The van der Waals surface area contributed by atoms with Gasteiger partial charge in [0, 0.05) is 21.2 Å². The van der Waals surface area contributed by atoms with Crippen LogP contribution in [0.3, 0.4) is 0 Å². The topological polar surface area (TPSA) is 30.0 Å². The molecule has 1 aromatic carbocycles. The Morgan fingerprint density at radius 3 is 2.67 bits per heavy atom. The molecule has 0 saturated heterocycles. The number of hydrogen-bond donors (Lipinski definition) is 0. The number of rotatable bonds is 3. The summed E-state index contributed by atoms with van der Waals surface area (Å²) < 4.78 is 0. The maximum Gasteiger partial charge on any atom is 0.151 e. The fourth-order valence-electron chi connectivity index (χ4n) is 1.66. The van der Waals surface area contributed by atoms with Crippen LogP contribution in [0.5, 0.6) is 0 Å². The second-order valence-corrected chi connectivity index (χ2v) is 5.52. The van der Waals surface area contributed by atoms with Crippen molar-refractivity contribution in [3.63, 3.8) is 0 Å². The van der Waals surface area contributed by atoms with Gasteiger partial charge in [-0.3, -0.25) is 4.79 Å². The monoisotopic (exact) mass is 277 g/mol. The number of hydrogen-bond acceptors (Lipinski definition) is 3. The Morgan fingerprint density at radius 2 is 2.00 bits per heavy atom. The van der Waals surface area contributed by atoms with E-state index in [9.17, 15) is 4.79 Å². The Labute approximate surface area is 115 Å². The second kappa shape index (κ2) is 5.55. The molecule has 0 amide bonds. The molecule has 4 heteroatoms. The minimum absolute atomic E-state index is 0.618. The lowest BCUT2D eigenvalue weighted by atomic mass is 10.2. The SMILES string of the molecule is Cc1cc(C)nc(Sc2cc(Cl)ccc2C=O)c1. The van der Waals surface area contributed by atoms with Gasteiger partial charge < -0.3 is 0 Å². The average Bonchev–Trinajstić information content (AvgIpc) is 2.27. The van der Waals surface area contributed by atoms with Gasteiger partial charge in [-0.15, -0.1) is 0 Å². The third-order valence-corrected chi connectivity index (χ3v) is 3.62. The smallest absolute Gasteiger partial charge is 0.151 e. The summed E-state index contributed by atoms with van der Waals surface area (Å²) in [6, 6.07) is 9.23. The van der Waals surface area contributed by atoms with Gasteiger partial charge in [-0.2, -0.15) is 0 Å². The van der Waals surface area contributed by atoms with E-state index in [4.69, 9.17) is 11.6 Å². The van der Waals surface area contributed by atoms with Crippen LogP contribution in [0.4, 0.5) is 0 Å². The van der Waals surface area contributed by atoms with Gasteiger partial charge in [0.1, 0.15) is 5.03 Å². The van der Waals surface area contributed by atoms with E-state index in [1.807, 2.05) is 26.0 Å². The van der Waals surface area contributed by atoms with E-state index < -0.39 is 0 Å². The fourth-order valence-corrected chi connectivity index (χ4v) is 2.98. The molecule has 92 valence electrons. The largest absolute Gasteiger partial charge is 0.298 e. The van der Waals surface area contributed by atoms with Crippen LogP contribution in [0.1, 0.15) is 21.6 Å². The quantitative estimate of drug-likeness (QED) is 0.783. The number of halogens is 1. The van der Waals surface area contributed by atoms with Crippen molar-refractivity contribution in [1.82, 2.24) is 4.98 Å². The first-order chi connectivity index (χ1) is 8.58. The van der Waals surface area contributed by atoms with Crippen molar-refractivity contribution in [1.29, 1.82) is 0 Å². The molecule has 0 unspecified atom stereocenters. The van der Waals surface area contributed by atoms with E-state index in [0.717, 1.165) is 27.5 Å². The first-order valence-corrected chi connectivity index (χ1v) is 6.66. The van der Waals surface area contributed by atoms with E-state index in [1.54, 1.807) is 18.2 Å². The number of aryl methyl sites for hydroxylation is 2. The summed E-state index contributed by atoms with van der Waals surface area (Å²) in [6.45, 7) is 3.98. The number of pyridine rings is 1. The van der Waals surface area contributed by atoms with Gasteiger partial charge in [0.25, 0.3) is 0 Å². The summed E-state index contributed by atoms with van der Waals surface area (Å²) in [5, 5.41) is 1.49. The zero-order valence-electron chi connectivity index (χ0n) is 10.1. The van der Waals surface area contributed by atoms with Crippen molar-refractivity contribution < 1.29 is 4.79 Å². The lowest BCUT2D eigenvalue weighted by molar-refractivity contribution is 0.112. The highest BCUT2D eigenvalue weighted by atomic mass is 35.5. The van der Waals surface area contributed by atoms with Crippen molar-refractivity contribution in [2.45, 2.75) is 23.8 Å². The highest BCUT2D eigenvalue weighted by Crippen LogP contribution is 2.31. The van der Waals surface area contributed by atoms with E-state index >= 15 is 0 Å². The van der Waals surface area contributed by atoms with Crippen LogP contribution in [0, 0.1) is 13.8 Å². The molecule has 2 nitrogen and oxygen atoms in total. The van der Waals surface area contributed by atoms with Crippen LogP contribution >= 0.6 is 23.4 Å². The zero-order valence-corrected chi connectivity index (χ0v) is 11.7. The predicted octanol–water partition coefficient (Wildman–Crippen LogP) is 4.32. The molecule has 2 rings (SSSR count). The minimum Gasteiger partial charge on any atom is -0.298 e. The molecule has 0 aliphatic heterocycles. The van der Waals surface area contributed by atoms with Gasteiger partial charge in [0.05, 0.1) is 0 Å².